The Labute approximate surface area is 95.9 Å². The summed E-state index contributed by atoms with van der Waals surface area (Å²) in [5.41, 5.74) is 7.10. The fraction of sp³-hybridized carbons (Fsp3) is 0.385. The molecule has 0 saturated carbocycles. The summed E-state index contributed by atoms with van der Waals surface area (Å²) in [6, 6.07) is 4.44. The van der Waals surface area contributed by atoms with Crippen molar-refractivity contribution < 1.29 is 9.13 Å². The highest BCUT2D eigenvalue weighted by molar-refractivity contribution is 5.30. The summed E-state index contributed by atoms with van der Waals surface area (Å²) >= 11 is 0. The third-order valence-corrected chi connectivity index (χ3v) is 2.41. The van der Waals surface area contributed by atoms with Gasteiger partial charge in [0.05, 0.1) is 0 Å². The van der Waals surface area contributed by atoms with Gasteiger partial charge >= 0.3 is 0 Å². The average molecular weight is 223 g/mol. The smallest absolute Gasteiger partial charge is 0.131 e. The fourth-order valence-electron chi connectivity index (χ4n) is 1.25. The van der Waals surface area contributed by atoms with Crippen LogP contribution in [0, 0.1) is 5.82 Å². The molecule has 0 amide bonds. The van der Waals surface area contributed by atoms with Gasteiger partial charge < -0.3 is 10.5 Å². The van der Waals surface area contributed by atoms with Gasteiger partial charge in [-0.25, -0.2) is 4.39 Å². The lowest BCUT2D eigenvalue weighted by Crippen LogP contribution is -2.08. The zero-order chi connectivity index (χ0) is 12.1. The van der Waals surface area contributed by atoms with Crippen LogP contribution in [0.15, 0.2) is 30.4 Å². The molecular formula is C13H18FNO. The molecule has 0 radical (unpaired) electrons. The van der Waals surface area contributed by atoms with Crippen molar-refractivity contribution in [3.05, 3.63) is 41.7 Å². The zero-order valence-electron chi connectivity index (χ0n) is 9.79. The minimum atomic E-state index is -0.324. The second-order valence-electron chi connectivity index (χ2n) is 3.86. The molecule has 1 atom stereocenters. The van der Waals surface area contributed by atoms with Crippen LogP contribution in [0.1, 0.15) is 31.9 Å². The molecule has 88 valence electrons. The van der Waals surface area contributed by atoms with Gasteiger partial charge in [-0.15, -0.1) is 0 Å². The molecule has 0 aromatic heterocycles. The standard InChI is InChI=1S/C13H18FNO/c1-4-9(2)8-16-11-5-6-12(10(3)15)13(14)7-11/h5-7,10H,2,4,8,15H2,1,3H3/t10-/m0/s1. The van der Waals surface area contributed by atoms with Crippen LogP contribution >= 0.6 is 0 Å². The van der Waals surface area contributed by atoms with E-state index in [2.05, 4.69) is 6.58 Å². The number of ether oxygens (including phenoxy) is 1. The predicted octanol–water partition coefficient (Wildman–Crippen LogP) is 3.19. The number of hydrogen-bond acceptors (Lipinski definition) is 2. The summed E-state index contributed by atoms with van der Waals surface area (Å²) in [6.07, 6.45) is 0.862. The van der Waals surface area contributed by atoms with E-state index < -0.39 is 0 Å². The average Bonchev–Trinajstić information content (AvgIpc) is 2.25. The number of rotatable bonds is 5. The lowest BCUT2D eigenvalue weighted by atomic mass is 10.1. The first kappa shape index (κ1) is 12.7. The Morgan fingerprint density at radius 2 is 2.25 bits per heavy atom. The molecule has 1 aromatic rings. The van der Waals surface area contributed by atoms with Crippen LogP contribution in [0.5, 0.6) is 5.75 Å². The lowest BCUT2D eigenvalue weighted by molar-refractivity contribution is 0.346. The maximum Gasteiger partial charge on any atom is 0.131 e. The van der Waals surface area contributed by atoms with Gasteiger partial charge in [-0.2, -0.15) is 0 Å². The normalized spacial score (nSPS) is 12.2. The van der Waals surface area contributed by atoms with E-state index in [1.165, 1.54) is 6.07 Å². The van der Waals surface area contributed by atoms with Crippen LogP contribution in [-0.4, -0.2) is 6.61 Å². The summed E-state index contributed by atoms with van der Waals surface area (Å²) in [4.78, 5) is 0. The van der Waals surface area contributed by atoms with E-state index >= 15 is 0 Å². The molecule has 0 heterocycles. The Hall–Kier alpha value is -1.35. The Morgan fingerprint density at radius 3 is 2.75 bits per heavy atom. The van der Waals surface area contributed by atoms with E-state index in [-0.39, 0.29) is 11.9 Å². The first-order valence-corrected chi connectivity index (χ1v) is 5.39. The molecule has 0 aliphatic heterocycles. The van der Waals surface area contributed by atoms with E-state index in [0.29, 0.717) is 17.9 Å². The van der Waals surface area contributed by atoms with Crippen molar-refractivity contribution in [3.63, 3.8) is 0 Å². The van der Waals surface area contributed by atoms with Gasteiger partial charge in [0.2, 0.25) is 0 Å². The highest BCUT2D eigenvalue weighted by Gasteiger charge is 2.07. The van der Waals surface area contributed by atoms with Crippen molar-refractivity contribution in [3.8, 4) is 5.75 Å². The van der Waals surface area contributed by atoms with Crippen molar-refractivity contribution in [1.29, 1.82) is 0 Å². The monoisotopic (exact) mass is 223 g/mol. The summed E-state index contributed by atoms with van der Waals surface area (Å²) in [5.74, 6) is 0.186. The van der Waals surface area contributed by atoms with E-state index in [1.807, 2.05) is 6.92 Å². The second kappa shape index (κ2) is 5.66. The molecule has 2 nitrogen and oxygen atoms in total. The summed E-state index contributed by atoms with van der Waals surface area (Å²) in [6.45, 7) is 8.00. The van der Waals surface area contributed by atoms with Crippen LogP contribution < -0.4 is 10.5 Å². The zero-order valence-corrected chi connectivity index (χ0v) is 9.79. The van der Waals surface area contributed by atoms with Gasteiger partial charge in [0.1, 0.15) is 18.2 Å². The van der Waals surface area contributed by atoms with E-state index in [4.69, 9.17) is 10.5 Å². The van der Waals surface area contributed by atoms with Crippen LogP contribution in [0.4, 0.5) is 4.39 Å². The van der Waals surface area contributed by atoms with Crippen LogP contribution in [0.3, 0.4) is 0 Å². The SMILES string of the molecule is C=C(CC)COc1ccc([C@H](C)N)c(F)c1. The van der Waals surface area contributed by atoms with Crippen molar-refractivity contribution >= 4 is 0 Å². The molecule has 1 rings (SSSR count). The first-order chi connectivity index (χ1) is 7.54. The van der Waals surface area contributed by atoms with Gasteiger partial charge in [-0.3, -0.25) is 0 Å². The summed E-state index contributed by atoms with van der Waals surface area (Å²) in [7, 11) is 0. The van der Waals surface area contributed by atoms with Gasteiger partial charge in [-0.1, -0.05) is 19.6 Å². The molecule has 3 heteroatoms. The first-order valence-electron chi connectivity index (χ1n) is 5.39. The van der Waals surface area contributed by atoms with E-state index in [1.54, 1.807) is 19.1 Å². The van der Waals surface area contributed by atoms with Crippen LogP contribution in [0.2, 0.25) is 0 Å². The predicted molar refractivity (Wildman–Crippen MR) is 63.9 cm³/mol. The molecule has 2 N–H and O–H groups in total. The van der Waals surface area contributed by atoms with Crippen LogP contribution in [-0.2, 0) is 0 Å². The third kappa shape index (κ3) is 3.35. The third-order valence-electron chi connectivity index (χ3n) is 2.41. The number of benzene rings is 1. The van der Waals surface area contributed by atoms with Crippen molar-refractivity contribution in [2.24, 2.45) is 5.73 Å². The Balaban J connectivity index is 2.70. The number of halogens is 1. The molecule has 0 spiro atoms. The molecule has 0 bridgehead atoms. The molecule has 0 aliphatic carbocycles. The highest BCUT2D eigenvalue weighted by Crippen LogP contribution is 2.20. The second-order valence-corrected chi connectivity index (χ2v) is 3.86. The number of hydrogen-bond donors (Lipinski definition) is 1. The van der Waals surface area contributed by atoms with Gasteiger partial charge in [0, 0.05) is 17.7 Å². The van der Waals surface area contributed by atoms with Gasteiger partial charge in [-0.05, 0) is 25.0 Å². The minimum absolute atomic E-state index is 0.306. The maximum atomic E-state index is 13.5. The Morgan fingerprint density at radius 1 is 1.56 bits per heavy atom. The summed E-state index contributed by atoms with van der Waals surface area (Å²) < 4.78 is 18.9. The maximum absolute atomic E-state index is 13.5. The fourth-order valence-corrected chi connectivity index (χ4v) is 1.25. The van der Waals surface area contributed by atoms with Crippen molar-refractivity contribution in [2.45, 2.75) is 26.3 Å². The van der Waals surface area contributed by atoms with Crippen LogP contribution in [0.25, 0.3) is 0 Å². The summed E-state index contributed by atoms with van der Waals surface area (Å²) in [5, 5.41) is 0. The minimum Gasteiger partial charge on any atom is -0.489 e. The van der Waals surface area contributed by atoms with Crippen molar-refractivity contribution in [1.82, 2.24) is 0 Å². The van der Waals surface area contributed by atoms with E-state index in [0.717, 1.165) is 12.0 Å². The Kier molecular flexibility index (Phi) is 4.50. The number of nitrogens with two attached hydrogens (primary N) is 1. The molecule has 0 fully saturated rings. The van der Waals surface area contributed by atoms with E-state index in [9.17, 15) is 4.39 Å². The largest absolute Gasteiger partial charge is 0.489 e. The Bertz CT molecular complexity index is 374. The lowest BCUT2D eigenvalue weighted by Gasteiger charge is -2.10. The van der Waals surface area contributed by atoms with Gasteiger partial charge in [0.15, 0.2) is 0 Å². The highest BCUT2D eigenvalue weighted by atomic mass is 19.1. The molecule has 0 saturated heterocycles. The molecular weight excluding hydrogens is 205 g/mol. The van der Waals surface area contributed by atoms with Gasteiger partial charge in [0.25, 0.3) is 0 Å². The topological polar surface area (TPSA) is 35.2 Å². The quantitative estimate of drug-likeness (QED) is 0.778. The molecule has 0 unspecified atom stereocenters. The molecule has 0 aliphatic rings. The van der Waals surface area contributed by atoms with Crippen molar-refractivity contribution in [2.75, 3.05) is 6.61 Å². The molecule has 1 aromatic carbocycles. The molecule has 16 heavy (non-hydrogen) atoms.